The maximum Gasteiger partial charge on any atom is 0.190 e. The second-order valence-electron chi connectivity index (χ2n) is 6.38. The third-order valence-electron chi connectivity index (χ3n) is 4.20. The Hall–Kier alpha value is -0.900. The van der Waals surface area contributed by atoms with Crippen LogP contribution in [0, 0.1) is 0 Å². The van der Waals surface area contributed by atoms with E-state index in [1.54, 1.807) is 7.05 Å². The average molecular weight is 491 g/mol. The number of rotatable bonds is 12. The average Bonchev–Trinajstić information content (AvgIpc) is 3.19. The van der Waals surface area contributed by atoms with Crippen LogP contribution >= 0.6 is 24.0 Å². The van der Waals surface area contributed by atoms with E-state index in [0.29, 0.717) is 6.61 Å². The van der Waals surface area contributed by atoms with Crippen LogP contribution in [-0.4, -0.2) is 58.6 Å². The van der Waals surface area contributed by atoms with Gasteiger partial charge in [0.25, 0.3) is 0 Å². The first kappa shape index (κ1) is 24.1. The van der Waals surface area contributed by atoms with Gasteiger partial charge in [-0.25, -0.2) is 0 Å². The molecule has 2 N–H and O–H groups in total. The molecule has 2 rings (SSSR count). The van der Waals surface area contributed by atoms with Gasteiger partial charge in [-0.15, -0.1) is 24.0 Å². The minimum Gasteiger partial charge on any atom is -0.379 e. The lowest BCUT2D eigenvalue weighted by atomic mass is 10.2. The zero-order chi connectivity index (χ0) is 18.3. The normalized spacial score (nSPS) is 16.8. The lowest BCUT2D eigenvalue weighted by molar-refractivity contribution is 0.0420. The van der Waals surface area contributed by atoms with E-state index in [2.05, 4.69) is 27.8 Å². The van der Waals surface area contributed by atoms with Crippen LogP contribution in [0.4, 0.5) is 0 Å². The van der Waals surface area contributed by atoms with E-state index in [1.807, 2.05) is 18.2 Å². The molecule has 1 aromatic carbocycles. The van der Waals surface area contributed by atoms with Crippen LogP contribution in [0.1, 0.15) is 31.2 Å². The molecule has 0 amide bonds. The van der Waals surface area contributed by atoms with E-state index in [0.717, 1.165) is 71.2 Å². The van der Waals surface area contributed by atoms with Crippen molar-refractivity contribution < 1.29 is 14.2 Å². The number of nitrogens with one attached hydrogen (secondary N) is 2. The third-order valence-corrected chi connectivity index (χ3v) is 4.20. The van der Waals surface area contributed by atoms with Crippen LogP contribution in [0.2, 0.25) is 0 Å². The van der Waals surface area contributed by atoms with Crippen LogP contribution in [0.3, 0.4) is 0 Å². The first-order valence-electron chi connectivity index (χ1n) is 9.64. The molecular formula is C20H34IN3O3. The monoisotopic (exact) mass is 491 g/mol. The van der Waals surface area contributed by atoms with E-state index >= 15 is 0 Å². The van der Waals surface area contributed by atoms with Crippen molar-refractivity contribution in [2.45, 2.75) is 38.4 Å². The van der Waals surface area contributed by atoms with E-state index in [9.17, 15) is 0 Å². The number of hydrogen-bond donors (Lipinski definition) is 2. The number of nitrogens with zero attached hydrogens (tertiary/aromatic N) is 1. The van der Waals surface area contributed by atoms with Crippen molar-refractivity contribution in [1.29, 1.82) is 0 Å². The molecule has 1 heterocycles. The summed E-state index contributed by atoms with van der Waals surface area (Å²) in [6.07, 6.45) is 4.36. The summed E-state index contributed by atoms with van der Waals surface area (Å²) in [5.41, 5.74) is 1.22. The minimum absolute atomic E-state index is 0. The minimum atomic E-state index is 0. The van der Waals surface area contributed by atoms with Crippen molar-refractivity contribution in [3.8, 4) is 0 Å². The van der Waals surface area contributed by atoms with Gasteiger partial charge in [-0.05, 0) is 31.2 Å². The number of aliphatic imine (C=N–C) groups is 1. The molecule has 1 fully saturated rings. The maximum absolute atomic E-state index is 5.75. The highest BCUT2D eigenvalue weighted by Crippen LogP contribution is 2.07. The molecule has 1 atom stereocenters. The Bertz CT molecular complexity index is 497. The summed E-state index contributed by atoms with van der Waals surface area (Å²) in [5, 5.41) is 6.65. The van der Waals surface area contributed by atoms with Gasteiger partial charge >= 0.3 is 0 Å². The summed E-state index contributed by atoms with van der Waals surface area (Å²) in [5.74, 6) is 0.847. The molecule has 0 radical (unpaired) electrons. The molecule has 1 aliphatic heterocycles. The zero-order valence-corrected chi connectivity index (χ0v) is 18.7. The van der Waals surface area contributed by atoms with Gasteiger partial charge in [0.1, 0.15) is 0 Å². The van der Waals surface area contributed by atoms with Gasteiger partial charge in [-0.1, -0.05) is 30.3 Å². The van der Waals surface area contributed by atoms with Gasteiger partial charge in [0.2, 0.25) is 0 Å². The highest BCUT2D eigenvalue weighted by Gasteiger charge is 2.15. The second kappa shape index (κ2) is 16.1. The summed E-state index contributed by atoms with van der Waals surface area (Å²) < 4.78 is 16.7. The van der Waals surface area contributed by atoms with Crippen molar-refractivity contribution in [2.75, 3.05) is 46.6 Å². The summed E-state index contributed by atoms with van der Waals surface area (Å²) in [7, 11) is 1.80. The first-order valence-corrected chi connectivity index (χ1v) is 9.64. The van der Waals surface area contributed by atoms with Crippen LogP contribution in [0.15, 0.2) is 35.3 Å². The van der Waals surface area contributed by atoms with Gasteiger partial charge in [0.15, 0.2) is 5.96 Å². The molecule has 27 heavy (non-hydrogen) atoms. The number of hydrogen-bond acceptors (Lipinski definition) is 4. The fourth-order valence-corrected chi connectivity index (χ4v) is 2.69. The largest absolute Gasteiger partial charge is 0.379 e. The lowest BCUT2D eigenvalue weighted by Gasteiger charge is -2.13. The van der Waals surface area contributed by atoms with Gasteiger partial charge < -0.3 is 24.8 Å². The highest BCUT2D eigenvalue weighted by atomic mass is 127. The molecule has 7 heteroatoms. The van der Waals surface area contributed by atoms with E-state index in [1.165, 1.54) is 5.56 Å². The lowest BCUT2D eigenvalue weighted by Crippen LogP contribution is -2.38. The molecule has 1 aliphatic rings. The van der Waals surface area contributed by atoms with Crippen molar-refractivity contribution in [3.05, 3.63) is 35.9 Å². The van der Waals surface area contributed by atoms with E-state index in [4.69, 9.17) is 14.2 Å². The predicted octanol–water partition coefficient (Wildman–Crippen LogP) is 2.96. The SMILES string of the molecule is CN=C(NCCCCOCc1ccccc1)NCCCOC1CCOC1.I. The van der Waals surface area contributed by atoms with Crippen molar-refractivity contribution >= 4 is 29.9 Å². The Morgan fingerprint density at radius 3 is 2.59 bits per heavy atom. The van der Waals surface area contributed by atoms with Crippen LogP contribution in [0.25, 0.3) is 0 Å². The molecule has 0 bridgehead atoms. The topological polar surface area (TPSA) is 64.1 Å². The van der Waals surface area contributed by atoms with Crippen LogP contribution < -0.4 is 10.6 Å². The molecule has 0 saturated carbocycles. The maximum atomic E-state index is 5.75. The highest BCUT2D eigenvalue weighted by molar-refractivity contribution is 14.0. The van der Waals surface area contributed by atoms with Crippen molar-refractivity contribution in [1.82, 2.24) is 10.6 Å². The molecular weight excluding hydrogens is 457 g/mol. The molecule has 1 unspecified atom stereocenters. The quantitative estimate of drug-likeness (QED) is 0.204. The number of guanidine groups is 1. The number of benzene rings is 1. The summed E-state index contributed by atoms with van der Waals surface area (Å²) in [4.78, 5) is 4.24. The Balaban J connectivity index is 0.00000364. The fraction of sp³-hybridized carbons (Fsp3) is 0.650. The van der Waals surface area contributed by atoms with E-state index in [-0.39, 0.29) is 30.1 Å². The Labute approximate surface area is 180 Å². The first-order chi connectivity index (χ1) is 12.9. The third kappa shape index (κ3) is 11.5. The number of ether oxygens (including phenoxy) is 3. The second-order valence-corrected chi connectivity index (χ2v) is 6.38. The smallest absolute Gasteiger partial charge is 0.190 e. The molecule has 0 aromatic heterocycles. The molecule has 6 nitrogen and oxygen atoms in total. The molecule has 0 aliphatic carbocycles. The van der Waals surface area contributed by atoms with Gasteiger partial charge in [0.05, 0.1) is 19.3 Å². The summed E-state index contributed by atoms with van der Waals surface area (Å²) >= 11 is 0. The van der Waals surface area contributed by atoms with Gasteiger partial charge in [-0.3, -0.25) is 4.99 Å². The number of unbranched alkanes of at least 4 members (excludes halogenated alkanes) is 1. The van der Waals surface area contributed by atoms with Gasteiger partial charge in [0, 0.05) is 40.0 Å². The standard InChI is InChI=1S/C20H33N3O3.HI/c1-21-20(23-12-7-14-26-19-10-15-25-17-19)22-11-5-6-13-24-16-18-8-3-2-4-9-18;/h2-4,8-9,19H,5-7,10-17H2,1H3,(H2,21,22,23);1H. The van der Waals surface area contributed by atoms with Gasteiger partial charge in [-0.2, -0.15) is 0 Å². The molecule has 154 valence electrons. The molecule has 1 saturated heterocycles. The fourth-order valence-electron chi connectivity index (χ4n) is 2.69. The zero-order valence-electron chi connectivity index (χ0n) is 16.3. The number of halogens is 1. The van der Waals surface area contributed by atoms with Crippen molar-refractivity contribution in [3.63, 3.8) is 0 Å². The van der Waals surface area contributed by atoms with Crippen LogP contribution in [-0.2, 0) is 20.8 Å². The summed E-state index contributed by atoms with van der Waals surface area (Å²) in [6.45, 7) is 5.55. The predicted molar refractivity (Wildman–Crippen MR) is 120 cm³/mol. The Kier molecular flexibility index (Phi) is 14.4. The summed E-state index contributed by atoms with van der Waals surface area (Å²) in [6, 6.07) is 10.3. The van der Waals surface area contributed by atoms with E-state index < -0.39 is 0 Å². The van der Waals surface area contributed by atoms with Crippen LogP contribution in [0.5, 0.6) is 0 Å². The molecule has 1 aromatic rings. The Morgan fingerprint density at radius 2 is 1.89 bits per heavy atom. The van der Waals surface area contributed by atoms with Crippen molar-refractivity contribution in [2.24, 2.45) is 4.99 Å². The molecule has 0 spiro atoms. The Morgan fingerprint density at radius 1 is 1.11 bits per heavy atom.